The predicted octanol–water partition coefficient (Wildman–Crippen LogP) is 0.452. The summed E-state index contributed by atoms with van der Waals surface area (Å²) < 4.78 is 28.6. The summed E-state index contributed by atoms with van der Waals surface area (Å²) in [5.41, 5.74) is 2.00. The summed E-state index contributed by atoms with van der Waals surface area (Å²) in [5.74, 6) is 0.171. The Bertz CT molecular complexity index is 935. The Balaban J connectivity index is 1.58. The van der Waals surface area contributed by atoms with E-state index in [1.807, 2.05) is 19.9 Å². The standard InChI is InChI=1S/C16H22N6O3S2/c1-12-4-5-14(10-13(12)2)27(24,25)22-8-6-21(7-9-22)15(23)11-26-16-17-18-19-20(16)3/h4-5,10H,6-9,11H2,1-3H3. The number of benzene rings is 1. The van der Waals surface area contributed by atoms with E-state index in [0.29, 0.717) is 23.1 Å². The van der Waals surface area contributed by atoms with Crippen molar-refractivity contribution in [1.82, 2.24) is 29.4 Å². The Kier molecular flexibility index (Phi) is 5.82. The number of rotatable bonds is 5. The molecule has 0 spiro atoms. The molecule has 0 unspecified atom stereocenters. The first kappa shape index (κ1) is 19.8. The van der Waals surface area contributed by atoms with Crippen LogP contribution in [0.25, 0.3) is 0 Å². The molecule has 0 bridgehead atoms. The second-order valence-corrected chi connectivity index (χ2v) is 9.29. The first-order valence-corrected chi connectivity index (χ1v) is 10.9. The molecule has 3 rings (SSSR count). The van der Waals surface area contributed by atoms with Crippen LogP contribution in [0.3, 0.4) is 0 Å². The number of thioether (sulfide) groups is 1. The van der Waals surface area contributed by atoms with Gasteiger partial charge < -0.3 is 4.90 Å². The maximum atomic E-state index is 12.8. The second-order valence-electron chi connectivity index (χ2n) is 6.40. The quantitative estimate of drug-likeness (QED) is 0.660. The van der Waals surface area contributed by atoms with E-state index in [-0.39, 0.29) is 24.7 Å². The third kappa shape index (κ3) is 4.30. The van der Waals surface area contributed by atoms with Gasteiger partial charge in [-0.25, -0.2) is 13.1 Å². The van der Waals surface area contributed by atoms with E-state index in [1.165, 1.54) is 20.7 Å². The fraction of sp³-hybridized carbons (Fsp3) is 0.500. The van der Waals surface area contributed by atoms with Crippen molar-refractivity contribution < 1.29 is 13.2 Å². The van der Waals surface area contributed by atoms with Gasteiger partial charge in [-0.2, -0.15) is 4.31 Å². The SMILES string of the molecule is Cc1ccc(S(=O)(=O)N2CCN(C(=O)CSc3nnnn3C)CC2)cc1C. The van der Waals surface area contributed by atoms with Gasteiger partial charge in [-0.3, -0.25) is 4.79 Å². The smallest absolute Gasteiger partial charge is 0.243 e. The molecule has 0 N–H and O–H groups in total. The lowest BCUT2D eigenvalue weighted by Gasteiger charge is -2.34. The summed E-state index contributed by atoms with van der Waals surface area (Å²) in [4.78, 5) is 14.4. The van der Waals surface area contributed by atoms with Gasteiger partial charge >= 0.3 is 0 Å². The minimum Gasteiger partial charge on any atom is -0.339 e. The van der Waals surface area contributed by atoms with Crippen LogP contribution >= 0.6 is 11.8 Å². The van der Waals surface area contributed by atoms with Gasteiger partial charge in [0.15, 0.2) is 0 Å². The molecule has 146 valence electrons. The molecule has 0 radical (unpaired) electrons. The van der Waals surface area contributed by atoms with E-state index < -0.39 is 10.0 Å². The molecule has 1 fully saturated rings. The van der Waals surface area contributed by atoms with Crippen LogP contribution in [-0.2, 0) is 21.9 Å². The van der Waals surface area contributed by atoms with E-state index in [0.717, 1.165) is 11.1 Å². The van der Waals surface area contributed by atoms with Crippen LogP contribution in [0, 0.1) is 13.8 Å². The van der Waals surface area contributed by atoms with Gasteiger partial charge in [0, 0.05) is 33.2 Å². The number of tetrazole rings is 1. The summed E-state index contributed by atoms with van der Waals surface area (Å²) in [6.45, 7) is 5.18. The highest BCUT2D eigenvalue weighted by atomic mass is 32.2. The lowest BCUT2D eigenvalue weighted by atomic mass is 10.1. The third-order valence-corrected chi connectivity index (χ3v) is 7.50. The maximum absolute atomic E-state index is 12.8. The van der Waals surface area contributed by atoms with Crippen LogP contribution in [0.2, 0.25) is 0 Å². The number of amides is 1. The third-order valence-electron chi connectivity index (χ3n) is 4.61. The monoisotopic (exact) mass is 410 g/mol. The van der Waals surface area contributed by atoms with Crippen LogP contribution in [0.4, 0.5) is 0 Å². The Morgan fingerprint density at radius 2 is 1.85 bits per heavy atom. The van der Waals surface area contributed by atoms with Crippen molar-refractivity contribution in [3.8, 4) is 0 Å². The highest BCUT2D eigenvalue weighted by Crippen LogP contribution is 2.21. The molecule has 27 heavy (non-hydrogen) atoms. The van der Waals surface area contributed by atoms with Gasteiger partial charge in [0.1, 0.15) is 0 Å². The molecule has 2 heterocycles. The minimum absolute atomic E-state index is 0.0498. The minimum atomic E-state index is -3.54. The van der Waals surface area contributed by atoms with Crippen molar-refractivity contribution in [1.29, 1.82) is 0 Å². The largest absolute Gasteiger partial charge is 0.339 e. The predicted molar refractivity (Wildman–Crippen MR) is 101 cm³/mol. The summed E-state index contributed by atoms with van der Waals surface area (Å²) in [6.07, 6.45) is 0. The molecular weight excluding hydrogens is 388 g/mol. The molecule has 1 aliphatic heterocycles. The summed E-state index contributed by atoms with van der Waals surface area (Å²) in [6, 6.07) is 5.16. The van der Waals surface area contributed by atoms with Crippen LogP contribution in [-0.4, -0.2) is 75.7 Å². The van der Waals surface area contributed by atoms with Crippen LogP contribution < -0.4 is 0 Å². The number of nitrogens with zero attached hydrogens (tertiary/aromatic N) is 6. The highest BCUT2D eigenvalue weighted by Gasteiger charge is 2.30. The van der Waals surface area contributed by atoms with Gasteiger partial charge in [-0.15, -0.1) is 5.10 Å². The Labute approximate surface area is 162 Å². The van der Waals surface area contributed by atoms with Crippen molar-refractivity contribution in [2.45, 2.75) is 23.9 Å². The average molecular weight is 411 g/mol. The normalized spacial score (nSPS) is 15.9. The Morgan fingerprint density at radius 1 is 1.15 bits per heavy atom. The van der Waals surface area contributed by atoms with Crippen molar-refractivity contribution in [3.63, 3.8) is 0 Å². The number of sulfonamides is 1. The molecule has 0 atom stereocenters. The number of aromatic nitrogens is 4. The van der Waals surface area contributed by atoms with Gasteiger partial charge in [0.2, 0.25) is 21.1 Å². The van der Waals surface area contributed by atoms with Crippen LogP contribution in [0.15, 0.2) is 28.3 Å². The zero-order chi connectivity index (χ0) is 19.6. The van der Waals surface area contributed by atoms with Crippen molar-refractivity contribution in [3.05, 3.63) is 29.3 Å². The second kappa shape index (κ2) is 7.95. The maximum Gasteiger partial charge on any atom is 0.243 e. The summed E-state index contributed by atoms with van der Waals surface area (Å²) in [5, 5.41) is 11.7. The number of hydrogen-bond donors (Lipinski definition) is 0. The number of carbonyl (C=O) groups excluding carboxylic acids is 1. The number of hydrogen-bond acceptors (Lipinski definition) is 7. The Hall–Kier alpha value is -1.98. The van der Waals surface area contributed by atoms with E-state index >= 15 is 0 Å². The molecule has 1 aromatic carbocycles. The van der Waals surface area contributed by atoms with E-state index in [1.54, 1.807) is 24.1 Å². The molecule has 1 aromatic heterocycles. The average Bonchev–Trinajstić information content (AvgIpc) is 3.07. The molecule has 1 amide bonds. The van der Waals surface area contributed by atoms with Crippen LogP contribution in [0.5, 0.6) is 0 Å². The van der Waals surface area contributed by atoms with Crippen molar-refractivity contribution in [2.75, 3.05) is 31.9 Å². The molecule has 1 saturated heterocycles. The number of carbonyl (C=O) groups is 1. The van der Waals surface area contributed by atoms with Gasteiger partial charge in [-0.05, 0) is 47.5 Å². The molecule has 9 nitrogen and oxygen atoms in total. The van der Waals surface area contributed by atoms with Gasteiger partial charge in [0.25, 0.3) is 0 Å². The first-order chi connectivity index (χ1) is 12.8. The summed E-state index contributed by atoms with van der Waals surface area (Å²) >= 11 is 1.27. The van der Waals surface area contributed by atoms with Gasteiger partial charge in [0.05, 0.1) is 10.6 Å². The fourth-order valence-corrected chi connectivity index (χ4v) is 5.02. The number of piperazine rings is 1. The molecule has 0 aliphatic carbocycles. The number of aryl methyl sites for hydroxylation is 3. The highest BCUT2D eigenvalue weighted by molar-refractivity contribution is 7.99. The van der Waals surface area contributed by atoms with Crippen molar-refractivity contribution >= 4 is 27.7 Å². The molecule has 0 saturated carbocycles. The van der Waals surface area contributed by atoms with Crippen molar-refractivity contribution in [2.24, 2.45) is 7.05 Å². The zero-order valence-electron chi connectivity index (χ0n) is 15.5. The topological polar surface area (TPSA) is 101 Å². The van der Waals surface area contributed by atoms with E-state index in [4.69, 9.17) is 0 Å². The molecule has 1 aliphatic rings. The van der Waals surface area contributed by atoms with Crippen LogP contribution in [0.1, 0.15) is 11.1 Å². The molecule has 11 heteroatoms. The lowest BCUT2D eigenvalue weighted by Crippen LogP contribution is -2.51. The van der Waals surface area contributed by atoms with E-state index in [9.17, 15) is 13.2 Å². The zero-order valence-corrected chi connectivity index (χ0v) is 17.1. The molecule has 2 aromatic rings. The fourth-order valence-electron chi connectivity index (χ4n) is 2.76. The lowest BCUT2D eigenvalue weighted by molar-refractivity contribution is -0.129. The van der Waals surface area contributed by atoms with Gasteiger partial charge in [-0.1, -0.05) is 17.8 Å². The summed E-state index contributed by atoms with van der Waals surface area (Å²) in [7, 11) is -1.83. The Morgan fingerprint density at radius 3 is 2.44 bits per heavy atom. The van der Waals surface area contributed by atoms with E-state index in [2.05, 4.69) is 15.5 Å². The molecular formula is C16H22N6O3S2. The first-order valence-electron chi connectivity index (χ1n) is 8.49.